The third-order valence-electron chi connectivity index (χ3n) is 2.48. The van der Waals surface area contributed by atoms with E-state index in [9.17, 15) is 13.6 Å². The van der Waals surface area contributed by atoms with Crippen LogP contribution >= 0.6 is 15.9 Å². The number of halogens is 3. The summed E-state index contributed by atoms with van der Waals surface area (Å²) in [6, 6.07) is 4.51. The van der Waals surface area contributed by atoms with Crippen LogP contribution in [-0.2, 0) is 10.2 Å². The highest BCUT2D eigenvalue weighted by Gasteiger charge is 2.32. The van der Waals surface area contributed by atoms with Crippen LogP contribution in [0.5, 0.6) is 0 Å². The standard InChI is InChI=1S/C12H10BrF2NO/c1-7(17)5-12(2,6-16)8-3-4-9(13)11(15)10(8)14/h3-4H,5H2,1-2H3. The van der Waals surface area contributed by atoms with E-state index in [0.717, 1.165) is 0 Å². The summed E-state index contributed by atoms with van der Waals surface area (Å²) in [4.78, 5) is 11.1. The molecule has 1 aromatic rings. The molecule has 0 N–H and O–H groups in total. The fourth-order valence-electron chi connectivity index (χ4n) is 1.64. The summed E-state index contributed by atoms with van der Waals surface area (Å²) in [6.45, 7) is 2.73. The van der Waals surface area contributed by atoms with Gasteiger partial charge in [-0.3, -0.25) is 4.79 Å². The molecule has 1 aromatic carbocycles. The SMILES string of the molecule is CC(=O)CC(C)(C#N)c1ccc(Br)c(F)c1F. The summed E-state index contributed by atoms with van der Waals surface area (Å²) in [7, 11) is 0. The number of nitriles is 1. The third kappa shape index (κ3) is 2.70. The molecule has 0 aromatic heterocycles. The van der Waals surface area contributed by atoms with Gasteiger partial charge in [-0.05, 0) is 35.8 Å². The van der Waals surface area contributed by atoms with E-state index < -0.39 is 17.0 Å². The molecule has 0 aliphatic heterocycles. The lowest BCUT2D eigenvalue weighted by atomic mass is 9.79. The molecule has 0 fully saturated rings. The minimum Gasteiger partial charge on any atom is -0.300 e. The largest absolute Gasteiger partial charge is 0.300 e. The molecule has 0 amide bonds. The van der Waals surface area contributed by atoms with Crippen LogP contribution in [0.25, 0.3) is 0 Å². The molecule has 2 nitrogen and oxygen atoms in total. The van der Waals surface area contributed by atoms with Gasteiger partial charge >= 0.3 is 0 Å². The summed E-state index contributed by atoms with van der Waals surface area (Å²) >= 11 is 2.85. The van der Waals surface area contributed by atoms with Gasteiger partial charge in [0.15, 0.2) is 11.6 Å². The summed E-state index contributed by atoms with van der Waals surface area (Å²) in [6.07, 6.45) is -0.151. The van der Waals surface area contributed by atoms with E-state index in [1.54, 1.807) is 0 Å². The highest BCUT2D eigenvalue weighted by Crippen LogP contribution is 2.32. The van der Waals surface area contributed by atoms with Gasteiger partial charge in [0.05, 0.1) is 16.0 Å². The van der Waals surface area contributed by atoms with Crippen molar-refractivity contribution in [2.24, 2.45) is 0 Å². The van der Waals surface area contributed by atoms with Gasteiger partial charge < -0.3 is 0 Å². The van der Waals surface area contributed by atoms with Crippen LogP contribution in [0.15, 0.2) is 16.6 Å². The van der Waals surface area contributed by atoms with Crippen molar-refractivity contribution in [1.82, 2.24) is 0 Å². The van der Waals surface area contributed by atoms with Crippen LogP contribution in [0, 0.1) is 23.0 Å². The Labute approximate surface area is 106 Å². The first-order chi connectivity index (χ1) is 7.81. The van der Waals surface area contributed by atoms with Crippen LogP contribution < -0.4 is 0 Å². The Hall–Kier alpha value is -1.28. The first-order valence-corrected chi connectivity index (χ1v) is 5.66. The van der Waals surface area contributed by atoms with Gasteiger partial charge in [0.1, 0.15) is 5.78 Å². The smallest absolute Gasteiger partial charge is 0.173 e. The minimum absolute atomic E-state index is 0.0122. The fourth-order valence-corrected chi connectivity index (χ4v) is 1.95. The summed E-state index contributed by atoms with van der Waals surface area (Å²) in [5.74, 6) is -2.39. The van der Waals surface area contributed by atoms with Crippen molar-refractivity contribution in [3.8, 4) is 6.07 Å². The van der Waals surface area contributed by atoms with E-state index in [1.165, 1.54) is 26.0 Å². The van der Waals surface area contributed by atoms with Gasteiger partial charge in [-0.2, -0.15) is 5.26 Å². The third-order valence-corrected chi connectivity index (χ3v) is 3.09. The maximum Gasteiger partial charge on any atom is 0.173 e. The Balaban J connectivity index is 3.37. The van der Waals surface area contributed by atoms with E-state index in [2.05, 4.69) is 15.9 Å². The molecule has 0 heterocycles. The molecule has 0 bridgehead atoms. The first kappa shape index (κ1) is 13.8. The second kappa shape index (κ2) is 4.92. The van der Waals surface area contributed by atoms with E-state index in [4.69, 9.17) is 5.26 Å². The Morgan fingerprint density at radius 2 is 2.06 bits per heavy atom. The molecule has 0 radical (unpaired) electrons. The second-order valence-electron chi connectivity index (χ2n) is 4.05. The normalized spacial score (nSPS) is 13.9. The van der Waals surface area contributed by atoms with Crippen molar-refractivity contribution in [2.75, 3.05) is 0 Å². The molecular weight excluding hydrogens is 292 g/mol. The van der Waals surface area contributed by atoms with Crippen molar-refractivity contribution >= 4 is 21.7 Å². The molecule has 0 saturated heterocycles. The minimum atomic E-state index is -1.35. The number of Topliss-reactive ketones (excluding diaryl/α,β-unsaturated/α-hetero) is 1. The van der Waals surface area contributed by atoms with Crippen molar-refractivity contribution in [1.29, 1.82) is 5.26 Å². The average Bonchev–Trinajstić information content (AvgIpc) is 2.24. The molecule has 0 saturated carbocycles. The average molecular weight is 302 g/mol. The number of nitrogens with zero attached hydrogens (tertiary/aromatic N) is 1. The van der Waals surface area contributed by atoms with Gasteiger partial charge in [-0.1, -0.05) is 6.07 Å². The van der Waals surface area contributed by atoms with Crippen LogP contribution in [0.1, 0.15) is 25.8 Å². The van der Waals surface area contributed by atoms with Gasteiger partial charge in [-0.15, -0.1) is 0 Å². The van der Waals surface area contributed by atoms with Crippen LogP contribution in [0.3, 0.4) is 0 Å². The molecule has 0 aliphatic carbocycles. The highest BCUT2D eigenvalue weighted by molar-refractivity contribution is 9.10. The quantitative estimate of drug-likeness (QED) is 0.802. The fraction of sp³-hybridized carbons (Fsp3) is 0.333. The molecule has 17 heavy (non-hydrogen) atoms. The van der Waals surface area contributed by atoms with E-state index in [1.807, 2.05) is 6.07 Å². The van der Waals surface area contributed by atoms with Gasteiger partial charge in [0, 0.05) is 12.0 Å². The number of carbonyl (C=O) groups excluding carboxylic acids is 1. The van der Waals surface area contributed by atoms with Gasteiger partial charge in [0.25, 0.3) is 0 Å². The molecule has 1 atom stereocenters. The lowest BCUT2D eigenvalue weighted by molar-refractivity contribution is -0.117. The van der Waals surface area contributed by atoms with Crippen molar-refractivity contribution in [3.05, 3.63) is 33.8 Å². The highest BCUT2D eigenvalue weighted by atomic mass is 79.9. The van der Waals surface area contributed by atoms with E-state index >= 15 is 0 Å². The summed E-state index contributed by atoms with van der Waals surface area (Å²) < 4.78 is 27.1. The predicted molar refractivity (Wildman–Crippen MR) is 62.3 cm³/mol. The first-order valence-electron chi connectivity index (χ1n) is 4.86. The molecule has 90 valence electrons. The lowest BCUT2D eigenvalue weighted by Crippen LogP contribution is -2.24. The van der Waals surface area contributed by atoms with Crippen LogP contribution in [0.2, 0.25) is 0 Å². The Morgan fingerprint density at radius 3 is 2.53 bits per heavy atom. The molecular formula is C12H10BrF2NO. The van der Waals surface area contributed by atoms with Crippen LogP contribution in [0.4, 0.5) is 8.78 Å². The predicted octanol–water partition coefficient (Wildman–Crippen LogP) is 3.49. The Bertz CT molecular complexity index is 510. The lowest BCUT2D eigenvalue weighted by Gasteiger charge is -2.21. The summed E-state index contributed by atoms with van der Waals surface area (Å²) in [5.41, 5.74) is -1.45. The van der Waals surface area contributed by atoms with E-state index in [-0.39, 0.29) is 22.2 Å². The van der Waals surface area contributed by atoms with Crippen molar-refractivity contribution in [2.45, 2.75) is 25.7 Å². The Morgan fingerprint density at radius 1 is 1.47 bits per heavy atom. The van der Waals surface area contributed by atoms with Crippen LogP contribution in [-0.4, -0.2) is 5.78 Å². The van der Waals surface area contributed by atoms with Gasteiger partial charge in [-0.25, -0.2) is 8.78 Å². The number of ketones is 1. The monoisotopic (exact) mass is 301 g/mol. The number of hydrogen-bond acceptors (Lipinski definition) is 2. The number of hydrogen-bond donors (Lipinski definition) is 0. The second-order valence-corrected chi connectivity index (χ2v) is 4.90. The van der Waals surface area contributed by atoms with Crippen molar-refractivity contribution < 1.29 is 13.6 Å². The summed E-state index contributed by atoms with van der Waals surface area (Å²) in [5, 5.41) is 9.07. The molecule has 1 unspecified atom stereocenters. The Kier molecular flexibility index (Phi) is 3.99. The zero-order chi connectivity index (χ0) is 13.2. The van der Waals surface area contributed by atoms with Crippen molar-refractivity contribution in [3.63, 3.8) is 0 Å². The zero-order valence-corrected chi connectivity index (χ0v) is 10.9. The van der Waals surface area contributed by atoms with Gasteiger partial charge in [0.2, 0.25) is 0 Å². The number of rotatable bonds is 3. The topological polar surface area (TPSA) is 40.9 Å². The maximum atomic E-state index is 13.7. The number of benzene rings is 1. The zero-order valence-electron chi connectivity index (χ0n) is 9.35. The van der Waals surface area contributed by atoms with E-state index in [0.29, 0.717) is 0 Å². The molecule has 0 aliphatic rings. The molecule has 5 heteroatoms. The molecule has 0 spiro atoms. The molecule has 1 rings (SSSR count). The maximum absolute atomic E-state index is 13.7. The number of carbonyl (C=O) groups is 1.